The fourth-order valence-electron chi connectivity index (χ4n) is 9.47. The number of fused-ring (bicyclic) bond motifs is 2. The zero-order valence-corrected chi connectivity index (χ0v) is 39.1. The number of nitro groups is 1. The maximum Gasteiger partial charge on any atom is 0.293 e. The summed E-state index contributed by atoms with van der Waals surface area (Å²) in [6, 6.07) is 21.1. The highest BCUT2D eigenvalue weighted by Crippen LogP contribution is 2.44. The molecule has 1 aliphatic carbocycles. The molecule has 66 heavy (non-hydrogen) atoms. The number of anilines is 4. The number of morpholine rings is 1. The molecule has 2 fully saturated rings. The Bertz CT molecular complexity index is 2770. The molecule has 3 aromatic carbocycles. The largest absolute Gasteiger partial charge is 0.476 e. The molecular weight excluding hydrogens is 882 g/mol. The van der Waals surface area contributed by atoms with Gasteiger partial charge in [-0.05, 0) is 104 Å². The van der Waals surface area contributed by atoms with E-state index >= 15 is 0 Å². The van der Waals surface area contributed by atoms with Crippen LogP contribution < -0.4 is 24.6 Å². The van der Waals surface area contributed by atoms with Crippen molar-refractivity contribution in [2.24, 2.45) is 5.41 Å². The van der Waals surface area contributed by atoms with Crippen molar-refractivity contribution < 1.29 is 27.6 Å². The molecule has 1 atom stereocenters. The molecule has 0 radical (unpaired) electrons. The Morgan fingerprint density at radius 2 is 1.79 bits per heavy atom. The Balaban J connectivity index is 0.982. The molecule has 2 saturated heterocycles. The van der Waals surface area contributed by atoms with Gasteiger partial charge in [-0.15, -0.1) is 0 Å². The van der Waals surface area contributed by atoms with Gasteiger partial charge in [0, 0.05) is 87.3 Å². The third-order valence-electron chi connectivity index (χ3n) is 13.1. The second-order valence-corrected chi connectivity index (χ2v) is 20.6. The number of aromatic amines is 1. The molecule has 0 saturated carbocycles. The fraction of sp³-hybridized carbons (Fsp3) is 0.417. The number of aromatic nitrogens is 2. The van der Waals surface area contributed by atoms with Crippen molar-refractivity contribution in [1.82, 2.24) is 24.5 Å². The van der Waals surface area contributed by atoms with Crippen LogP contribution in [0.4, 0.5) is 28.4 Å². The lowest BCUT2D eigenvalue weighted by Gasteiger charge is -2.39. The number of pyridine rings is 1. The van der Waals surface area contributed by atoms with Crippen molar-refractivity contribution in [3.05, 3.63) is 111 Å². The quantitative estimate of drug-likeness (QED) is 0.0820. The molecule has 5 heterocycles. The molecule has 0 spiro atoms. The standard InChI is InChI=1S/C48H56ClN9O7S/c1-48(2)15-13-34(40(28-48)32-5-7-35(49)8-6-32)30-55-18-20-56(21-19-55)36-9-11-39(42(26-36)57-17-4-23-65-47-44(57)25-33-14-16-50-45(33)52-47)46(59)53-66(62,63)38-10-12-41(43(27-38)58(60)61)51-29-37-31-54(3)22-24-64-37/h5-12,14,16,25-27,37,51H,4,13,15,17-24,28-31H2,1-3H3,(H,50,52)(H,53,59)/t37-/m0/s1. The first-order valence-electron chi connectivity index (χ1n) is 22.6. The maximum absolute atomic E-state index is 14.4. The average Bonchev–Trinajstić information content (AvgIpc) is 3.66. The van der Waals surface area contributed by atoms with Gasteiger partial charge in [0.05, 0.1) is 40.4 Å². The molecule has 0 bridgehead atoms. The van der Waals surface area contributed by atoms with Crippen LogP contribution in [0.15, 0.2) is 89.5 Å². The Morgan fingerprint density at radius 1 is 0.985 bits per heavy atom. The van der Waals surface area contributed by atoms with Crippen LogP contribution in [0, 0.1) is 15.5 Å². The lowest BCUT2D eigenvalue weighted by molar-refractivity contribution is -0.384. The molecule has 5 aromatic rings. The van der Waals surface area contributed by atoms with Crippen molar-refractivity contribution in [2.45, 2.75) is 50.5 Å². The predicted molar refractivity (Wildman–Crippen MR) is 258 cm³/mol. The van der Waals surface area contributed by atoms with Crippen LogP contribution in [-0.2, 0) is 14.8 Å². The number of sulfonamides is 1. The third kappa shape index (κ3) is 10.0. The number of benzene rings is 3. The van der Waals surface area contributed by atoms with E-state index in [1.165, 1.54) is 28.8 Å². The first-order chi connectivity index (χ1) is 31.7. The summed E-state index contributed by atoms with van der Waals surface area (Å²) in [6.07, 6.45) is 5.40. The summed E-state index contributed by atoms with van der Waals surface area (Å²) in [5.74, 6) is -0.491. The molecule has 16 nitrogen and oxygen atoms in total. The number of rotatable bonds is 12. The van der Waals surface area contributed by atoms with Crippen LogP contribution in [0.25, 0.3) is 16.6 Å². The number of carbonyl (C=O) groups is 1. The van der Waals surface area contributed by atoms with Gasteiger partial charge in [0.15, 0.2) is 0 Å². The molecular formula is C48H56ClN9O7S. The molecule has 0 unspecified atom stereocenters. The number of nitro benzene ring substituents is 1. The van der Waals surface area contributed by atoms with Crippen LogP contribution in [0.3, 0.4) is 0 Å². The van der Waals surface area contributed by atoms with E-state index in [0.717, 1.165) is 80.7 Å². The zero-order chi connectivity index (χ0) is 46.2. The van der Waals surface area contributed by atoms with Gasteiger partial charge in [-0.25, -0.2) is 13.1 Å². The van der Waals surface area contributed by atoms with E-state index in [4.69, 9.17) is 26.1 Å². The number of hydrogen-bond acceptors (Lipinski definition) is 13. The monoisotopic (exact) mass is 937 g/mol. The first-order valence-corrected chi connectivity index (χ1v) is 24.4. The van der Waals surface area contributed by atoms with Crippen LogP contribution in [-0.4, -0.2) is 124 Å². The summed E-state index contributed by atoms with van der Waals surface area (Å²) in [5.41, 5.74) is 6.83. The maximum atomic E-state index is 14.4. The number of likely N-dealkylation sites (N-methyl/N-ethyl adjacent to an activating group) is 1. The second-order valence-electron chi connectivity index (χ2n) is 18.5. The van der Waals surface area contributed by atoms with E-state index in [0.29, 0.717) is 62.2 Å². The lowest BCUT2D eigenvalue weighted by atomic mass is 9.72. The highest BCUT2D eigenvalue weighted by Gasteiger charge is 2.32. The van der Waals surface area contributed by atoms with Crippen molar-refractivity contribution in [2.75, 3.05) is 94.3 Å². The highest BCUT2D eigenvalue weighted by atomic mass is 35.5. The van der Waals surface area contributed by atoms with Crippen molar-refractivity contribution in [1.29, 1.82) is 0 Å². The van der Waals surface area contributed by atoms with Gasteiger partial charge in [0.25, 0.3) is 21.6 Å². The topological polar surface area (TPSA) is 179 Å². The van der Waals surface area contributed by atoms with Gasteiger partial charge in [-0.1, -0.05) is 43.2 Å². The average molecular weight is 939 g/mol. The number of piperazine rings is 1. The zero-order valence-electron chi connectivity index (χ0n) is 37.5. The summed E-state index contributed by atoms with van der Waals surface area (Å²) in [4.78, 5) is 42.4. The number of H-pyrrole nitrogens is 1. The van der Waals surface area contributed by atoms with Crippen LogP contribution >= 0.6 is 11.6 Å². The minimum absolute atomic E-state index is 0.107. The van der Waals surface area contributed by atoms with E-state index in [-0.39, 0.29) is 22.8 Å². The molecule has 2 aromatic heterocycles. The van der Waals surface area contributed by atoms with Gasteiger partial charge in [-0.2, -0.15) is 4.98 Å². The summed E-state index contributed by atoms with van der Waals surface area (Å²) >= 11 is 6.27. The van der Waals surface area contributed by atoms with Crippen LogP contribution in [0.2, 0.25) is 5.02 Å². The van der Waals surface area contributed by atoms with Crippen molar-refractivity contribution in [3.8, 4) is 5.88 Å². The highest BCUT2D eigenvalue weighted by molar-refractivity contribution is 7.90. The van der Waals surface area contributed by atoms with E-state index in [1.807, 2.05) is 48.3 Å². The van der Waals surface area contributed by atoms with Gasteiger partial charge in [-0.3, -0.25) is 19.8 Å². The minimum atomic E-state index is -4.59. The summed E-state index contributed by atoms with van der Waals surface area (Å²) in [6.45, 7) is 11.8. The Labute approximate surface area is 390 Å². The van der Waals surface area contributed by atoms with Gasteiger partial charge in [0.2, 0.25) is 5.88 Å². The molecule has 3 aliphatic heterocycles. The number of carbonyl (C=O) groups excluding carboxylic acids is 1. The van der Waals surface area contributed by atoms with Crippen LogP contribution in [0.1, 0.15) is 55.5 Å². The summed E-state index contributed by atoms with van der Waals surface area (Å²) in [7, 11) is -2.61. The van der Waals surface area contributed by atoms with Crippen molar-refractivity contribution in [3.63, 3.8) is 0 Å². The Morgan fingerprint density at radius 3 is 2.56 bits per heavy atom. The predicted octanol–water partition coefficient (Wildman–Crippen LogP) is 7.69. The Hall–Kier alpha value is -5.72. The number of ether oxygens (including phenoxy) is 2. The lowest BCUT2D eigenvalue weighted by Crippen LogP contribution is -2.47. The van der Waals surface area contributed by atoms with E-state index in [2.05, 4.69) is 55.7 Å². The van der Waals surface area contributed by atoms with E-state index in [1.54, 1.807) is 12.3 Å². The Kier molecular flexibility index (Phi) is 13.0. The number of amides is 1. The van der Waals surface area contributed by atoms with E-state index in [9.17, 15) is 23.3 Å². The number of nitrogens with zero attached hydrogens (tertiary/aromatic N) is 6. The summed E-state index contributed by atoms with van der Waals surface area (Å²) in [5, 5.41) is 16.9. The molecule has 348 valence electrons. The van der Waals surface area contributed by atoms with Crippen LogP contribution in [0.5, 0.6) is 5.88 Å². The normalized spacial score (nSPS) is 19.5. The van der Waals surface area contributed by atoms with E-state index < -0.39 is 31.4 Å². The number of allylic oxidation sites excluding steroid dienone is 1. The molecule has 3 N–H and O–H groups in total. The molecule has 18 heteroatoms. The van der Waals surface area contributed by atoms with Gasteiger partial charge < -0.3 is 34.5 Å². The number of hydrogen-bond donors (Lipinski definition) is 3. The van der Waals surface area contributed by atoms with Crippen molar-refractivity contribution >= 4 is 72.6 Å². The minimum Gasteiger partial charge on any atom is -0.476 e. The number of halogens is 1. The molecule has 9 rings (SSSR count). The SMILES string of the molecule is CN1CCO[C@@H](CNc2ccc(S(=O)(=O)NC(=O)c3ccc(N4CCN(CC5=C(c6ccc(Cl)cc6)CC(C)(C)CC5)CC4)cc3N3CCCOc4nc5[nH]ccc5cc43)cc2[N+](=O)[O-])C1. The molecule has 4 aliphatic rings. The smallest absolute Gasteiger partial charge is 0.293 e. The molecule has 1 amide bonds. The second kappa shape index (κ2) is 18.9. The third-order valence-corrected chi connectivity index (χ3v) is 14.7. The summed E-state index contributed by atoms with van der Waals surface area (Å²) < 4.78 is 42.1. The first kappa shape index (κ1) is 45.4. The number of nitrogens with one attached hydrogen (secondary N) is 3. The van der Waals surface area contributed by atoms with Gasteiger partial charge in [0.1, 0.15) is 17.0 Å². The fourth-order valence-corrected chi connectivity index (χ4v) is 10.6. The van der Waals surface area contributed by atoms with Gasteiger partial charge >= 0.3 is 0 Å².